The van der Waals surface area contributed by atoms with Gasteiger partial charge in [-0.1, -0.05) is 29.3 Å². The molecule has 0 bridgehead atoms. The van der Waals surface area contributed by atoms with Crippen LogP contribution < -0.4 is 11.2 Å². The van der Waals surface area contributed by atoms with Gasteiger partial charge in [-0.05, 0) is 18.2 Å². The van der Waals surface area contributed by atoms with Gasteiger partial charge in [0.05, 0.1) is 10.7 Å². The number of hydrogen-bond donors (Lipinski definition) is 1. The number of anilines is 1. The lowest BCUT2D eigenvalue weighted by atomic mass is 10.2. The number of para-hydroxylation sites is 1. The third-order valence-electron chi connectivity index (χ3n) is 2.58. The summed E-state index contributed by atoms with van der Waals surface area (Å²) in [6.07, 6.45) is 0. The Hall–Kier alpha value is -1.78. The number of fused-ring (bicyclic) bond motifs is 2. The van der Waals surface area contributed by atoms with Crippen molar-refractivity contribution < 1.29 is 4.42 Å². The SMILES string of the molecule is Nc1cc2nc3cccc(Cl)c3oc-2c(Cl)c1=O. The summed E-state index contributed by atoms with van der Waals surface area (Å²) >= 11 is 11.9. The van der Waals surface area contributed by atoms with Crippen LogP contribution in [0.1, 0.15) is 0 Å². The summed E-state index contributed by atoms with van der Waals surface area (Å²) in [4.78, 5) is 15.9. The molecule has 0 radical (unpaired) electrons. The molecule has 3 rings (SSSR count). The molecule has 6 heteroatoms. The fourth-order valence-electron chi connectivity index (χ4n) is 1.72. The van der Waals surface area contributed by atoms with E-state index in [9.17, 15) is 4.79 Å². The molecule has 90 valence electrons. The van der Waals surface area contributed by atoms with Crippen LogP contribution in [0.3, 0.4) is 0 Å². The van der Waals surface area contributed by atoms with Crippen LogP contribution in [0.15, 0.2) is 33.5 Å². The highest BCUT2D eigenvalue weighted by atomic mass is 35.5. The molecule has 0 fully saturated rings. The van der Waals surface area contributed by atoms with E-state index >= 15 is 0 Å². The van der Waals surface area contributed by atoms with Gasteiger partial charge in [0, 0.05) is 0 Å². The zero-order valence-corrected chi connectivity index (χ0v) is 10.4. The summed E-state index contributed by atoms with van der Waals surface area (Å²) < 4.78 is 5.56. The van der Waals surface area contributed by atoms with Crippen molar-refractivity contribution in [1.82, 2.24) is 4.98 Å². The molecule has 0 saturated heterocycles. The zero-order chi connectivity index (χ0) is 12.9. The molecular weight excluding hydrogens is 275 g/mol. The molecule has 1 aliphatic heterocycles. The second kappa shape index (κ2) is 3.86. The third-order valence-corrected chi connectivity index (χ3v) is 3.22. The predicted molar refractivity (Wildman–Crippen MR) is 71.3 cm³/mol. The molecule has 4 nitrogen and oxygen atoms in total. The van der Waals surface area contributed by atoms with Crippen molar-refractivity contribution in [2.75, 3.05) is 5.73 Å². The van der Waals surface area contributed by atoms with Crippen LogP contribution in [0.4, 0.5) is 5.69 Å². The number of hydrogen-bond acceptors (Lipinski definition) is 4. The molecule has 0 saturated carbocycles. The summed E-state index contributed by atoms with van der Waals surface area (Å²) in [5.74, 6) is 0.191. The smallest absolute Gasteiger partial charge is 0.223 e. The normalized spacial score (nSPS) is 11.2. The largest absolute Gasteiger partial charge is 0.450 e. The number of benzene rings is 2. The fraction of sp³-hybridized carbons (Fsp3) is 0. The first-order chi connectivity index (χ1) is 8.58. The maximum atomic E-state index is 11.6. The Balaban J connectivity index is 2.55. The number of aromatic nitrogens is 1. The van der Waals surface area contributed by atoms with Crippen LogP contribution in [0.2, 0.25) is 10.0 Å². The Labute approximate surface area is 111 Å². The van der Waals surface area contributed by atoms with Gasteiger partial charge in [0.2, 0.25) is 5.43 Å². The maximum absolute atomic E-state index is 11.6. The molecule has 1 heterocycles. The van der Waals surface area contributed by atoms with E-state index in [0.29, 0.717) is 21.8 Å². The molecule has 2 aliphatic rings. The summed E-state index contributed by atoms with van der Waals surface area (Å²) in [7, 11) is 0. The lowest BCUT2D eigenvalue weighted by Crippen LogP contribution is -2.10. The van der Waals surface area contributed by atoms with Crippen molar-refractivity contribution in [3.63, 3.8) is 0 Å². The van der Waals surface area contributed by atoms with E-state index in [0.717, 1.165) is 0 Å². The minimum atomic E-state index is -0.471. The van der Waals surface area contributed by atoms with Crippen molar-refractivity contribution in [1.29, 1.82) is 0 Å². The van der Waals surface area contributed by atoms with Gasteiger partial charge in [0.1, 0.15) is 16.2 Å². The molecule has 2 N–H and O–H groups in total. The molecule has 1 aromatic carbocycles. The van der Waals surface area contributed by atoms with Crippen molar-refractivity contribution in [3.05, 3.63) is 44.5 Å². The van der Waals surface area contributed by atoms with Crippen LogP contribution >= 0.6 is 23.2 Å². The van der Waals surface area contributed by atoms with Crippen molar-refractivity contribution in [2.45, 2.75) is 0 Å². The summed E-state index contributed by atoms with van der Waals surface area (Å²) in [5.41, 5.74) is 6.51. The van der Waals surface area contributed by atoms with E-state index in [2.05, 4.69) is 4.98 Å². The zero-order valence-electron chi connectivity index (χ0n) is 8.91. The molecule has 18 heavy (non-hydrogen) atoms. The van der Waals surface area contributed by atoms with Gasteiger partial charge >= 0.3 is 0 Å². The number of rotatable bonds is 0. The molecule has 0 unspecified atom stereocenters. The van der Waals surface area contributed by atoms with Crippen LogP contribution in [-0.4, -0.2) is 4.98 Å². The van der Waals surface area contributed by atoms with E-state index in [-0.39, 0.29) is 16.5 Å². The number of nitrogen functional groups attached to an aromatic ring is 1. The van der Waals surface area contributed by atoms with Crippen molar-refractivity contribution in [3.8, 4) is 11.5 Å². The Morgan fingerprint density at radius 2 is 2.06 bits per heavy atom. The topological polar surface area (TPSA) is 69.1 Å². The number of nitrogens with zero attached hydrogens (tertiary/aromatic N) is 1. The van der Waals surface area contributed by atoms with Crippen molar-refractivity contribution >= 4 is 40.0 Å². The van der Waals surface area contributed by atoms with Gasteiger partial charge in [0.25, 0.3) is 0 Å². The van der Waals surface area contributed by atoms with Gasteiger partial charge in [-0.2, -0.15) is 0 Å². The average Bonchev–Trinajstić information content (AvgIpc) is 2.35. The summed E-state index contributed by atoms with van der Waals surface area (Å²) in [6, 6.07) is 6.61. The predicted octanol–water partition coefficient (Wildman–Crippen LogP) is 3.18. The average molecular weight is 281 g/mol. The van der Waals surface area contributed by atoms with Crippen molar-refractivity contribution in [2.24, 2.45) is 0 Å². The molecule has 1 aliphatic carbocycles. The molecule has 1 aromatic rings. The molecule has 0 spiro atoms. The van der Waals surface area contributed by atoms with E-state index in [1.54, 1.807) is 18.2 Å². The lowest BCUT2D eigenvalue weighted by Gasteiger charge is -2.08. The highest BCUT2D eigenvalue weighted by Crippen LogP contribution is 2.33. The van der Waals surface area contributed by atoms with Crippen LogP contribution in [0, 0.1) is 0 Å². The Morgan fingerprint density at radius 3 is 2.83 bits per heavy atom. The van der Waals surface area contributed by atoms with E-state index in [4.69, 9.17) is 33.4 Å². The van der Waals surface area contributed by atoms with Crippen LogP contribution in [0.5, 0.6) is 0 Å². The first-order valence-corrected chi connectivity index (χ1v) is 5.80. The third kappa shape index (κ3) is 1.54. The monoisotopic (exact) mass is 280 g/mol. The highest BCUT2D eigenvalue weighted by molar-refractivity contribution is 6.35. The fourth-order valence-corrected chi connectivity index (χ4v) is 2.17. The van der Waals surface area contributed by atoms with E-state index < -0.39 is 5.43 Å². The van der Waals surface area contributed by atoms with Gasteiger partial charge < -0.3 is 10.2 Å². The standard InChI is InChI=1S/C12H6Cl2N2O2/c13-5-2-1-3-7-11(5)18-12-8(16-7)4-6(15)10(17)9(12)14/h1-4H,15H2. The van der Waals surface area contributed by atoms with Gasteiger partial charge in [0.15, 0.2) is 11.3 Å². The number of halogens is 2. The minimum absolute atomic E-state index is 0.0385. The first kappa shape index (κ1) is 11.3. The molecular formula is C12H6Cl2N2O2. The number of nitrogens with two attached hydrogens (primary N) is 1. The molecule has 0 aromatic heterocycles. The Bertz CT molecular complexity index is 798. The first-order valence-electron chi connectivity index (χ1n) is 5.05. The van der Waals surface area contributed by atoms with E-state index in [1.807, 2.05) is 0 Å². The van der Waals surface area contributed by atoms with Gasteiger partial charge in [-0.15, -0.1) is 0 Å². The summed E-state index contributed by atoms with van der Waals surface area (Å²) in [6.45, 7) is 0. The van der Waals surface area contributed by atoms with E-state index in [1.165, 1.54) is 6.07 Å². The van der Waals surface area contributed by atoms with Crippen LogP contribution in [0.25, 0.3) is 22.6 Å². The second-order valence-corrected chi connectivity index (χ2v) is 4.54. The quantitative estimate of drug-likeness (QED) is 0.507. The van der Waals surface area contributed by atoms with Gasteiger partial charge in [-0.25, -0.2) is 4.98 Å². The molecule has 0 amide bonds. The Kier molecular flexibility index (Phi) is 2.43. The minimum Gasteiger partial charge on any atom is -0.450 e. The molecule has 0 atom stereocenters. The lowest BCUT2D eigenvalue weighted by molar-refractivity contribution is 0.613. The van der Waals surface area contributed by atoms with Gasteiger partial charge in [-0.3, -0.25) is 4.79 Å². The Morgan fingerprint density at radius 1 is 1.28 bits per heavy atom. The second-order valence-electron chi connectivity index (χ2n) is 3.76. The summed E-state index contributed by atoms with van der Waals surface area (Å²) in [5, 5.41) is 0.321. The van der Waals surface area contributed by atoms with Crippen LogP contribution in [-0.2, 0) is 0 Å². The maximum Gasteiger partial charge on any atom is 0.223 e. The highest BCUT2D eigenvalue weighted by Gasteiger charge is 2.18.